The Bertz CT molecular complexity index is 2880. The molecular weight excluding hydrogens is 1160 g/mol. The lowest BCUT2D eigenvalue weighted by molar-refractivity contribution is -0.584. The third-order valence-electron chi connectivity index (χ3n) is 20.3. The first-order chi connectivity index (χ1) is 41.8. The molecule has 89 heavy (non-hydrogen) atoms. The standard InChI is InChI=1S/C64H90N2O23/c1-28-14-19-45(85-50-27-62(11,66(77)78)57(36(9)83-50)65-61(76)79-13)29(2)21-41-42(69)22-38(16-15-32(5)67)26-64(41)59(74)51(60(75)89-64)58(73)63(12)40(28)18-17-39-52(63)30(3)20-31(4)54(39)87-49-25-46(56(35(8)82-49)84-37(10)68)86-47-24-44(71)55(34(7)81-47)88-48-23-43(70)53(72)33(6)80-48/h14-18,21-22,30-31,33-36,39-50,52-57,69-73H,19-20,23-27H2,1-13H3,(H,65,76)/b16-15+,28-14+,29-21?,58-51?/t30-,31-,33-,34-,35-,36+,39-,40-,41+,42-,43+,44+,45-,46+,47-,48+,49-,50-,52+,53-,54-,55-,56-,57-,62-,63+,64-/m0/s1. The number of aliphatic hydroxyl groups excluding tert-OH is 5. The fraction of sp³-hybridized carbons (Fsp3) is 0.734. The van der Waals surface area contributed by atoms with Crippen LogP contribution in [0.1, 0.15) is 128 Å². The number of nitro groups is 1. The zero-order chi connectivity index (χ0) is 65.1. The van der Waals surface area contributed by atoms with Crippen LogP contribution in [-0.4, -0.2) is 189 Å². The van der Waals surface area contributed by atoms with Gasteiger partial charge in [-0.15, -0.1) is 0 Å². The van der Waals surface area contributed by atoms with Gasteiger partial charge in [-0.25, -0.2) is 9.59 Å². The van der Waals surface area contributed by atoms with Crippen LogP contribution in [0.15, 0.2) is 70.6 Å². The SMILES string of the molecule is COC(=O)N[C@H]1[C@@H](C)O[C@@H](O[C@H]2C/C=C(\C)[C@@H]3C=C[C@@H]4[C@@H](O[C@H]5C[C@@H](O[C@H]6C[C@@H](O)[C@@H](O[C@@H]7C[C@@H](O)[C@@H](O)[C@H](C)O7)[C@H](C)O6)[C@@H](OC(C)=O)[C@H](C)O5)[C@@H](C)C[C@H](C)[C@H]4[C@]3(C)C(O)=C3C(=O)O[C@]4(CC(/C=C/C(C)=O)=C[C@H](O)[C@H]4C=C2C)C3=O)C[C@]1(C)[N+](=O)[O-]. The summed E-state index contributed by atoms with van der Waals surface area (Å²) in [5.41, 5.74) is -4.55. The molecule has 0 aromatic carbocycles. The number of fused-ring (bicyclic) bond motifs is 4. The molecule has 4 aliphatic carbocycles. The molecule has 9 rings (SSSR count). The minimum Gasteiger partial charge on any atom is -0.511 e. The Labute approximate surface area is 518 Å². The molecule has 494 valence electrons. The van der Waals surface area contributed by atoms with Crippen LogP contribution in [0.3, 0.4) is 0 Å². The number of ether oxygens (including phenoxy) is 11. The molecule has 5 aliphatic heterocycles. The van der Waals surface area contributed by atoms with Gasteiger partial charge in [0, 0.05) is 61.7 Å². The number of methoxy groups -OCH3 is 1. The van der Waals surface area contributed by atoms with E-state index >= 15 is 4.79 Å². The lowest BCUT2D eigenvalue weighted by atomic mass is 9.49. The Morgan fingerprint density at radius 1 is 0.764 bits per heavy atom. The van der Waals surface area contributed by atoms with E-state index in [0.29, 0.717) is 23.1 Å². The van der Waals surface area contributed by atoms with Crippen molar-refractivity contribution in [2.75, 3.05) is 7.11 Å². The van der Waals surface area contributed by atoms with Gasteiger partial charge in [-0.1, -0.05) is 62.8 Å². The molecule has 0 aromatic rings. The van der Waals surface area contributed by atoms with Gasteiger partial charge in [0.25, 0.3) is 0 Å². The van der Waals surface area contributed by atoms with Crippen LogP contribution in [0.25, 0.3) is 0 Å². The minimum absolute atomic E-state index is 0.0219. The lowest BCUT2D eigenvalue weighted by Crippen LogP contribution is -2.65. The molecule has 0 unspecified atom stereocenters. The van der Waals surface area contributed by atoms with E-state index in [0.717, 1.165) is 7.11 Å². The van der Waals surface area contributed by atoms with Crippen LogP contribution in [0, 0.1) is 51.0 Å². The second kappa shape index (κ2) is 26.7. The van der Waals surface area contributed by atoms with E-state index in [9.17, 15) is 54.8 Å². The summed E-state index contributed by atoms with van der Waals surface area (Å²) in [4.78, 5) is 80.4. The number of allylic oxidation sites excluding steroid dienone is 5. The summed E-state index contributed by atoms with van der Waals surface area (Å²) in [7, 11) is 1.14. The topological polar surface area (TPSA) is 343 Å². The monoisotopic (exact) mass is 1250 g/mol. The van der Waals surface area contributed by atoms with E-state index in [1.165, 1.54) is 39.0 Å². The predicted octanol–water partition coefficient (Wildman–Crippen LogP) is 5.37. The maximum absolute atomic E-state index is 15.8. The summed E-state index contributed by atoms with van der Waals surface area (Å²) in [6.45, 7) is 20.1. The van der Waals surface area contributed by atoms with Gasteiger partial charge in [0.2, 0.25) is 11.3 Å². The van der Waals surface area contributed by atoms with E-state index < -0.39 is 191 Å². The van der Waals surface area contributed by atoms with Gasteiger partial charge in [0.1, 0.15) is 35.7 Å². The van der Waals surface area contributed by atoms with E-state index in [-0.39, 0.29) is 56.1 Å². The van der Waals surface area contributed by atoms with E-state index in [1.807, 2.05) is 39.0 Å². The quantitative estimate of drug-likeness (QED) is 0.0257. The summed E-state index contributed by atoms with van der Waals surface area (Å²) in [5.74, 6) is -6.85. The van der Waals surface area contributed by atoms with E-state index in [4.69, 9.17) is 52.1 Å². The number of carbonyl (C=O) groups excluding carboxylic acids is 5. The van der Waals surface area contributed by atoms with Gasteiger partial charge in [0.05, 0.1) is 74.4 Å². The minimum atomic E-state index is -2.15. The second-order valence-electron chi connectivity index (χ2n) is 26.7. The lowest BCUT2D eigenvalue weighted by Gasteiger charge is -2.56. The number of hydrogen-bond donors (Lipinski definition) is 6. The smallest absolute Gasteiger partial charge is 0.407 e. The van der Waals surface area contributed by atoms with Gasteiger partial charge in [-0.3, -0.25) is 24.5 Å². The zero-order valence-corrected chi connectivity index (χ0v) is 52.9. The highest BCUT2D eigenvalue weighted by molar-refractivity contribution is 6.26. The van der Waals surface area contributed by atoms with Crippen LogP contribution in [-0.2, 0) is 71.3 Å². The maximum Gasteiger partial charge on any atom is 0.407 e. The van der Waals surface area contributed by atoms with Crippen molar-refractivity contribution >= 4 is 29.6 Å². The molecule has 6 N–H and O–H groups in total. The van der Waals surface area contributed by atoms with Gasteiger partial charge < -0.3 is 83.0 Å². The Balaban J connectivity index is 1.05. The van der Waals surface area contributed by atoms with Gasteiger partial charge >= 0.3 is 18.0 Å². The van der Waals surface area contributed by atoms with Crippen LogP contribution in [0.5, 0.6) is 0 Å². The number of aliphatic hydroxyl groups is 5. The van der Waals surface area contributed by atoms with Crippen LogP contribution in [0.2, 0.25) is 0 Å². The highest BCUT2D eigenvalue weighted by Crippen LogP contribution is 2.61. The summed E-state index contributed by atoms with van der Waals surface area (Å²) in [6.07, 6.45) is -5.71. The Hall–Kier alpha value is -5.29. The van der Waals surface area contributed by atoms with E-state index in [2.05, 4.69) is 12.2 Å². The van der Waals surface area contributed by atoms with Gasteiger partial charge in [-0.2, -0.15) is 0 Å². The average molecular weight is 1260 g/mol. The fourth-order valence-corrected chi connectivity index (χ4v) is 15.8. The molecule has 0 radical (unpaired) electrons. The van der Waals surface area contributed by atoms with Crippen molar-refractivity contribution in [3.63, 3.8) is 0 Å². The number of carbonyl (C=O) groups is 5. The highest BCUT2D eigenvalue weighted by Gasteiger charge is 2.65. The molecule has 25 nitrogen and oxygen atoms in total. The molecule has 25 heteroatoms. The number of nitrogens with zero attached hydrogens (tertiary/aromatic N) is 1. The average Bonchev–Trinajstić information content (AvgIpc) is 1.69. The van der Waals surface area contributed by atoms with Crippen molar-refractivity contribution in [3.05, 3.63) is 80.7 Å². The molecule has 27 atom stereocenters. The molecule has 1 spiro atoms. The number of rotatable bonds is 13. The molecule has 5 saturated heterocycles. The summed E-state index contributed by atoms with van der Waals surface area (Å²) in [6, 6.07) is -1.13. The zero-order valence-electron chi connectivity index (χ0n) is 52.9. The molecule has 1 saturated carbocycles. The predicted molar refractivity (Wildman–Crippen MR) is 312 cm³/mol. The first-order valence-corrected chi connectivity index (χ1v) is 31.1. The number of nitrogens with one attached hydrogen (secondary N) is 1. The number of amides is 1. The largest absolute Gasteiger partial charge is 0.511 e. The normalized spacial score (nSPS) is 45.8. The third-order valence-corrected chi connectivity index (χ3v) is 20.3. The van der Waals surface area contributed by atoms with Crippen molar-refractivity contribution in [1.29, 1.82) is 0 Å². The van der Waals surface area contributed by atoms with Crippen LogP contribution in [0.4, 0.5) is 4.79 Å². The van der Waals surface area contributed by atoms with Crippen molar-refractivity contribution in [3.8, 4) is 0 Å². The highest BCUT2D eigenvalue weighted by atomic mass is 16.7. The molecule has 6 fully saturated rings. The number of ketones is 2. The second-order valence-corrected chi connectivity index (χ2v) is 26.7. The van der Waals surface area contributed by atoms with Crippen molar-refractivity contribution in [1.82, 2.24) is 5.32 Å². The summed E-state index contributed by atoms with van der Waals surface area (Å²) in [5, 5.41) is 73.1. The van der Waals surface area contributed by atoms with E-state index in [1.54, 1.807) is 40.7 Å². The molecular formula is C64H90N2O23. The molecule has 9 aliphatic rings. The number of hydrogen-bond acceptors (Lipinski definition) is 23. The van der Waals surface area contributed by atoms with Crippen molar-refractivity contribution < 1.29 is 107 Å². The summed E-state index contributed by atoms with van der Waals surface area (Å²) < 4.78 is 68.4. The number of alkyl carbamates (subject to hydrolysis) is 1. The molecule has 5 heterocycles. The van der Waals surface area contributed by atoms with Gasteiger partial charge in [0.15, 0.2) is 42.6 Å². The fourth-order valence-electron chi connectivity index (χ4n) is 15.8. The molecule has 1 amide bonds. The molecule has 0 aromatic heterocycles. The summed E-state index contributed by atoms with van der Waals surface area (Å²) >= 11 is 0. The number of esters is 2. The first-order valence-electron chi connectivity index (χ1n) is 31.1. The Morgan fingerprint density at radius 3 is 2.03 bits per heavy atom. The Kier molecular flexibility index (Phi) is 20.5. The van der Waals surface area contributed by atoms with Gasteiger partial charge in [-0.05, 0) is 96.3 Å². The van der Waals surface area contributed by atoms with Crippen molar-refractivity contribution in [2.45, 2.75) is 250 Å². The van der Waals surface area contributed by atoms with Crippen molar-refractivity contribution in [2.24, 2.45) is 40.9 Å². The first kappa shape index (κ1) is 68.1. The van der Waals surface area contributed by atoms with Crippen LogP contribution >= 0.6 is 0 Å². The third kappa shape index (κ3) is 13.4. The number of Topliss-reactive ketones (excluding diaryl/α,β-unsaturated/α-hetero) is 1. The molecule has 2 bridgehead atoms. The Morgan fingerprint density at radius 2 is 1.39 bits per heavy atom. The maximum atomic E-state index is 15.8. The van der Waals surface area contributed by atoms with Crippen LogP contribution < -0.4 is 5.32 Å².